The summed E-state index contributed by atoms with van der Waals surface area (Å²) in [7, 11) is 0. The minimum absolute atomic E-state index is 0.00340. The van der Waals surface area contributed by atoms with Gasteiger partial charge in [0.25, 0.3) is 0 Å². The summed E-state index contributed by atoms with van der Waals surface area (Å²) in [5.74, 6) is -0.136. The van der Waals surface area contributed by atoms with Crippen molar-refractivity contribution in [2.45, 2.75) is 57.0 Å². The van der Waals surface area contributed by atoms with Crippen molar-refractivity contribution >= 4 is 11.8 Å². The molecule has 0 amide bonds. The molecule has 3 aliphatic rings. The second-order valence-electron chi connectivity index (χ2n) is 7.17. The first-order chi connectivity index (χ1) is 10.6. The van der Waals surface area contributed by atoms with Gasteiger partial charge < -0.3 is 4.74 Å². The Morgan fingerprint density at radius 1 is 1.00 bits per heavy atom. The van der Waals surface area contributed by atoms with Crippen molar-refractivity contribution in [3.8, 4) is 0 Å². The van der Waals surface area contributed by atoms with Crippen molar-refractivity contribution in [2.75, 3.05) is 0 Å². The molecule has 2 saturated carbocycles. The molecule has 1 heterocycles. The lowest BCUT2D eigenvalue weighted by atomic mass is 9.82. The highest BCUT2D eigenvalue weighted by atomic mass is 16.6. The lowest BCUT2D eigenvalue weighted by Gasteiger charge is -2.24. The molecule has 1 aromatic carbocycles. The van der Waals surface area contributed by atoms with Crippen LogP contribution in [0.5, 0.6) is 0 Å². The number of carbonyl (C=O) groups excluding carboxylic acids is 2. The molecule has 3 atom stereocenters. The Bertz CT molecular complexity index is 613. The van der Waals surface area contributed by atoms with Crippen LogP contribution in [0.1, 0.15) is 56.9 Å². The largest absolute Gasteiger partial charge is 0.450 e. The molecular weight excluding hydrogens is 276 g/mol. The van der Waals surface area contributed by atoms with Crippen molar-refractivity contribution in [3.63, 3.8) is 0 Å². The number of hydrogen-bond donors (Lipinski definition) is 0. The van der Waals surface area contributed by atoms with Gasteiger partial charge in [0.2, 0.25) is 0 Å². The number of ketones is 1. The zero-order valence-electron chi connectivity index (χ0n) is 13.0. The van der Waals surface area contributed by atoms with Gasteiger partial charge in [-0.05, 0) is 37.2 Å². The summed E-state index contributed by atoms with van der Waals surface area (Å²) in [4.78, 5) is 26.0. The fourth-order valence-electron chi connectivity index (χ4n) is 4.84. The van der Waals surface area contributed by atoms with Crippen molar-refractivity contribution in [3.05, 3.63) is 35.9 Å². The molecule has 0 bridgehead atoms. The molecule has 3 fully saturated rings. The Kier molecular flexibility index (Phi) is 2.97. The summed E-state index contributed by atoms with van der Waals surface area (Å²) >= 11 is 0. The Labute approximate surface area is 131 Å². The molecule has 2 aliphatic carbocycles. The molecule has 4 rings (SSSR count). The van der Waals surface area contributed by atoms with E-state index in [9.17, 15) is 9.59 Å². The van der Waals surface area contributed by atoms with Crippen LogP contribution in [0.2, 0.25) is 0 Å². The molecule has 116 valence electrons. The maximum Gasteiger partial charge on any atom is 0.321 e. The molecule has 1 aliphatic heterocycles. The van der Waals surface area contributed by atoms with Gasteiger partial charge in [-0.15, -0.1) is 0 Å². The quantitative estimate of drug-likeness (QED) is 0.587. The van der Waals surface area contributed by atoms with Crippen LogP contribution in [0.4, 0.5) is 0 Å². The molecule has 0 aromatic heterocycles. The first-order valence-electron chi connectivity index (χ1n) is 8.46. The average Bonchev–Trinajstić information content (AvgIpc) is 3.17. The number of ether oxygens (including phenoxy) is 1. The van der Waals surface area contributed by atoms with Crippen LogP contribution in [0.25, 0.3) is 0 Å². The lowest BCUT2D eigenvalue weighted by Crippen LogP contribution is -2.38. The van der Waals surface area contributed by atoms with Gasteiger partial charge in [-0.3, -0.25) is 9.59 Å². The van der Waals surface area contributed by atoms with Crippen LogP contribution in [-0.2, 0) is 14.3 Å². The summed E-state index contributed by atoms with van der Waals surface area (Å²) in [6.45, 7) is 2.02. The Morgan fingerprint density at radius 2 is 1.64 bits per heavy atom. The van der Waals surface area contributed by atoms with E-state index in [2.05, 4.69) is 0 Å². The number of benzene rings is 1. The highest BCUT2D eigenvalue weighted by molar-refractivity contribution is 6.17. The zero-order chi connectivity index (χ0) is 15.4. The minimum Gasteiger partial charge on any atom is -0.450 e. The van der Waals surface area contributed by atoms with Gasteiger partial charge in [-0.2, -0.15) is 0 Å². The molecule has 1 aromatic rings. The van der Waals surface area contributed by atoms with Crippen LogP contribution in [0.15, 0.2) is 30.3 Å². The first kappa shape index (κ1) is 14.0. The molecule has 3 nitrogen and oxygen atoms in total. The second kappa shape index (κ2) is 4.68. The molecule has 22 heavy (non-hydrogen) atoms. The number of rotatable bonds is 1. The maximum atomic E-state index is 13.3. The Balaban J connectivity index is 1.71. The number of Topliss-reactive ketones (excluding diaryl/α,β-unsaturated/α-hetero) is 1. The number of carbonyl (C=O) groups is 2. The van der Waals surface area contributed by atoms with E-state index in [0.717, 1.165) is 31.2 Å². The molecule has 3 heteroatoms. The highest BCUT2D eigenvalue weighted by Crippen LogP contribution is 2.70. The first-order valence-corrected chi connectivity index (χ1v) is 8.46. The SMILES string of the molecule is CC1[C@H](c2ccccc2)C12C(=O)OC1(CCCCCC1)C2=O. The minimum atomic E-state index is -0.897. The topological polar surface area (TPSA) is 43.4 Å². The normalized spacial score (nSPS) is 36.4. The van der Waals surface area contributed by atoms with E-state index >= 15 is 0 Å². The van der Waals surface area contributed by atoms with Crippen molar-refractivity contribution in [1.29, 1.82) is 0 Å². The standard InChI is InChI=1S/C19H22O3/c1-13-15(14-9-5-4-6-10-14)19(13)16(20)18(22-17(19)21)11-7-2-3-8-12-18/h4-6,9-10,13,15H,2-3,7-8,11-12H2,1H3/t13?,15-,19?/m1/s1. The van der Waals surface area contributed by atoms with Gasteiger partial charge in [-0.25, -0.2) is 0 Å². The van der Waals surface area contributed by atoms with E-state index in [0.29, 0.717) is 12.8 Å². The third kappa shape index (κ3) is 1.62. The number of esters is 1. The van der Waals surface area contributed by atoms with Crippen LogP contribution in [0, 0.1) is 11.3 Å². The van der Waals surface area contributed by atoms with Crippen molar-refractivity contribution < 1.29 is 14.3 Å². The monoisotopic (exact) mass is 298 g/mol. The van der Waals surface area contributed by atoms with Gasteiger partial charge in [0, 0.05) is 5.92 Å². The fraction of sp³-hybridized carbons (Fsp3) is 0.579. The van der Waals surface area contributed by atoms with Crippen molar-refractivity contribution in [2.24, 2.45) is 11.3 Å². The molecule has 2 unspecified atom stereocenters. The van der Waals surface area contributed by atoms with Gasteiger partial charge in [0.15, 0.2) is 11.4 Å². The maximum absolute atomic E-state index is 13.3. The second-order valence-corrected chi connectivity index (χ2v) is 7.17. The van der Waals surface area contributed by atoms with Crippen LogP contribution >= 0.6 is 0 Å². The van der Waals surface area contributed by atoms with E-state index in [1.807, 2.05) is 37.3 Å². The van der Waals surface area contributed by atoms with Gasteiger partial charge in [-0.1, -0.05) is 50.1 Å². The van der Waals surface area contributed by atoms with Gasteiger partial charge in [0.1, 0.15) is 5.41 Å². The van der Waals surface area contributed by atoms with E-state index in [4.69, 9.17) is 4.74 Å². The van der Waals surface area contributed by atoms with Gasteiger partial charge in [0.05, 0.1) is 0 Å². The van der Waals surface area contributed by atoms with Gasteiger partial charge >= 0.3 is 5.97 Å². The van der Waals surface area contributed by atoms with Crippen LogP contribution < -0.4 is 0 Å². The fourth-order valence-corrected chi connectivity index (χ4v) is 4.84. The summed E-state index contributed by atoms with van der Waals surface area (Å²) in [5, 5.41) is 0. The predicted molar refractivity (Wildman–Crippen MR) is 82.3 cm³/mol. The summed E-state index contributed by atoms with van der Waals surface area (Å²) < 4.78 is 5.79. The summed E-state index contributed by atoms with van der Waals surface area (Å²) in [6, 6.07) is 9.95. The highest BCUT2D eigenvalue weighted by Gasteiger charge is 2.80. The predicted octanol–water partition coefficient (Wildman–Crippen LogP) is 3.63. The molecule has 0 N–H and O–H groups in total. The smallest absolute Gasteiger partial charge is 0.321 e. The molecule has 2 spiro atoms. The molecular formula is C19H22O3. The lowest BCUT2D eigenvalue weighted by molar-refractivity contribution is -0.154. The van der Waals surface area contributed by atoms with E-state index in [1.54, 1.807) is 0 Å². The third-order valence-electron chi connectivity index (χ3n) is 6.08. The third-order valence-corrected chi connectivity index (χ3v) is 6.08. The van der Waals surface area contributed by atoms with E-state index < -0.39 is 11.0 Å². The van der Waals surface area contributed by atoms with Crippen molar-refractivity contribution in [1.82, 2.24) is 0 Å². The molecule has 0 radical (unpaired) electrons. The Morgan fingerprint density at radius 3 is 2.27 bits per heavy atom. The van der Waals surface area contributed by atoms with E-state index in [1.165, 1.54) is 0 Å². The Hall–Kier alpha value is -1.64. The zero-order valence-corrected chi connectivity index (χ0v) is 13.0. The van der Waals surface area contributed by atoms with Crippen LogP contribution in [-0.4, -0.2) is 17.4 Å². The van der Waals surface area contributed by atoms with Crippen LogP contribution in [0.3, 0.4) is 0 Å². The summed E-state index contributed by atoms with van der Waals surface area (Å²) in [6.07, 6.45) is 5.68. The van der Waals surface area contributed by atoms with E-state index in [-0.39, 0.29) is 23.6 Å². The molecule has 1 saturated heterocycles. The average molecular weight is 298 g/mol. The number of hydrogen-bond acceptors (Lipinski definition) is 3. The summed E-state index contributed by atoms with van der Waals surface area (Å²) in [5.41, 5.74) is -0.622.